The van der Waals surface area contributed by atoms with Gasteiger partial charge < -0.3 is 10.1 Å². The number of carbonyl (C=O) groups is 1. The lowest BCUT2D eigenvalue weighted by atomic mass is 9.85. The van der Waals surface area contributed by atoms with E-state index >= 15 is 0 Å². The number of benzene rings is 1. The van der Waals surface area contributed by atoms with Crippen LogP contribution in [0.5, 0.6) is 5.75 Å². The number of fused-ring (bicyclic) bond motifs is 1. The SMILES string of the molecule is COc1ccc(NC(=O)C2CCC(n3c(=O)[nH]c4ncccc43)CC2)cc1C. The number of amides is 1. The van der Waals surface area contributed by atoms with Crippen molar-refractivity contribution in [2.75, 3.05) is 12.4 Å². The Kier molecular flexibility index (Phi) is 4.90. The van der Waals surface area contributed by atoms with Crippen molar-refractivity contribution in [1.29, 1.82) is 0 Å². The predicted molar refractivity (Wildman–Crippen MR) is 108 cm³/mol. The predicted octanol–water partition coefficient (Wildman–Crippen LogP) is 3.41. The van der Waals surface area contributed by atoms with E-state index in [2.05, 4.69) is 15.3 Å². The van der Waals surface area contributed by atoms with Crippen LogP contribution in [-0.2, 0) is 4.79 Å². The molecule has 0 atom stereocenters. The number of aryl methyl sites for hydroxylation is 1. The van der Waals surface area contributed by atoms with Crippen LogP contribution in [0.4, 0.5) is 5.69 Å². The number of H-pyrrole nitrogens is 1. The molecule has 2 N–H and O–H groups in total. The molecule has 7 nitrogen and oxygen atoms in total. The lowest BCUT2D eigenvalue weighted by Gasteiger charge is -2.28. The number of rotatable bonds is 4. The maximum Gasteiger partial charge on any atom is 0.327 e. The number of aromatic nitrogens is 3. The number of nitrogens with zero attached hydrogens (tertiary/aromatic N) is 2. The van der Waals surface area contributed by atoms with Gasteiger partial charge in [-0.3, -0.25) is 14.3 Å². The lowest BCUT2D eigenvalue weighted by Crippen LogP contribution is -2.31. The van der Waals surface area contributed by atoms with Crippen LogP contribution in [0.25, 0.3) is 11.2 Å². The van der Waals surface area contributed by atoms with Gasteiger partial charge >= 0.3 is 5.69 Å². The molecule has 1 saturated carbocycles. The molecule has 1 aromatic carbocycles. The van der Waals surface area contributed by atoms with E-state index in [0.29, 0.717) is 5.65 Å². The number of pyridine rings is 1. The number of anilines is 1. The Labute approximate surface area is 162 Å². The summed E-state index contributed by atoms with van der Waals surface area (Å²) in [5.41, 5.74) is 3.08. The maximum atomic E-state index is 12.7. The summed E-state index contributed by atoms with van der Waals surface area (Å²) in [6, 6.07) is 9.47. The standard InChI is InChI=1S/C21H24N4O3/c1-13-12-15(7-10-18(13)28-2)23-20(26)14-5-8-16(9-6-14)25-17-4-3-11-22-19(17)24-21(25)27/h3-4,7,10-12,14,16H,5-6,8-9H2,1-2H3,(H,23,26)(H,22,24,27). The Morgan fingerprint density at radius 2 is 2.04 bits per heavy atom. The minimum atomic E-state index is -0.129. The summed E-state index contributed by atoms with van der Waals surface area (Å²) in [6.07, 6.45) is 4.77. The summed E-state index contributed by atoms with van der Waals surface area (Å²) < 4.78 is 7.06. The van der Waals surface area contributed by atoms with Crippen molar-refractivity contribution in [3.05, 3.63) is 52.6 Å². The van der Waals surface area contributed by atoms with Gasteiger partial charge in [0, 0.05) is 23.8 Å². The number of methoxy groups -OCH3 is 1. The van der Waals surface area contributed by atoms with Gasteiger partial charge in [0.1, 0.15) is 5.75 Å². The molecule has 2 aromatic heterocycles. The van der Waals surface area contributed by atoms with Gasteiger partial charge in [0.05, 0.1) is 12.6 Å². The van der Waals surface area contributed by atoms with Crippen LogP contribution in [0.15, 0.2) is 41.3 Å². The second kappa shape index (κ2) is 7.50. The van der Waals surface area contributed by atoms with Crippen molar-refractivity contribution in [1.82, 2.24) is 14.5 Å². The molecule has 0 saturated heterocycles. The van der Waals surface area contributed by atoms with Gasteiger partial charge in [-0.25, -0.2) is 9.78 Å². The first-order valence-corrected chi connectivity index (χ1v) is 9.57. The molecule has 0 aliphatic heterocycles. The van der Waals surface area contributed by atoms with E-state index in [1.165, 1.54) is 0 Å². The summed E-state index contributed by atoms with van der Waals surface area (Å²) in [5.74, 6) is 0.797. The number of imidazole rings is 1. The third kappa shape index (κ3) is 3.40. The molecule has 0 radical (unpaired) electrons. The van der Waals surface area contributed by atoms with Crippen LogP contribution in [0.1, 0.15) is 37.3 Å². The van der Waals surface area contributed by atoms with Crippen LogP contribution in [0.3, 0.4) is 0 Å². The van der Waals surface area contributed by atoms with Crippen molar-refractivity contribution in [2.45, 2.75) is 38.6 Å². The molecular weight excluding hydrogens is 356 g/mol. The number of ether oxygens (including phenoxy) is 1. The summed E-state index contributed by atoms with van der Waals surface area (Å²) in [7, 11) is 1.63. The van der Waals surface area contributed by atoms with Gasteiger partial charge in [-0.2, -0.15) is 0 Å². The largest absolute Gasteiger partial charge is 0.496 e. The van der Waals surface area contributed by atoms with Gasteiger partial charge in [0.25, 0.3) is 0 Å². The molecule has 4 rings (SSSR count). The van der Waals surface area contributed by atoms with E-state index in [9.17, 15) is 9.59 Å². The Bertz CT molecular complexity index is 1060. The second-order valence-corrected chi connectivity index (χ2v) is 7.35. The monoisotopic (exact) mass is 380 g/mol. The van der Waals surface area contributed by atoms with Crippen molar-refractivity contribution in [3.8, 4) is 5.75 Å². The van der Waals surface area contributed by atoms with E-state index in [-0.39, 0.29) is 23.6 Å². The van der Waals surface area contributed by atoms with E-state index in [0.717, 1.165) is 48.2 Å². The minimum Gasteiger partial charge on any atom is -0.496 e. The zero-order valence-electron chi connectivity index (χ0n) is 16.1. The van der Waals surface area contributed by atoms with Crippen LogP contribution in [0, 0.1) is 12.8 Å². The first-order valence-electron chi connectivity index (χ1n) is 9.57. The van der Waals surface area contributed by atoms with Crippen LogP contribution < -0.4 is 15.7 Å². The molecule has 146 valence electrons. The third-order valence-corrected chi connectivity index (χ3v) is 5.59. The highest BCUT2D eigenvalue weighted by Gasteiger charge is 2.29. The molecule has 1 amide bonds. The minimum absolute atomic E-state index is 0.0379. The number of hydrogen-bond acceptors (Lipinski definition) is 4. The van der Waals surface area contributed by atoms with E-state index in [1.54, 1.807) is 17.9 Å². The molecule has 2 heterocycles. The fourth-order valence-electron chi connectivity index (χ4n) is 4.12. The Hall–Kier alpha value is -3.09. The van der Waals surface area contributed by atoms with E-state index in [1.807, 2.05) is 37.3 Å². The highest BCUT2D eigenvalue weighted by molar-refractivity contribution is 5.92. The highest BCUT2D eigenvalue weighted by atomic mass is 16.5. The van der Waals surface area contributed by atoms with Crippen LogP contribution >= 0.6 is 0 Å². The summed E-state index contributed by atoms with van der Waals surface area (Å²) >= 11 is 0. The normalized spacial score (nSPS) is 19.5. The maximum absolute atomic E-state index is 12.7. The summed E-state index contributed by atoms with van der Waals surface area (Å²) in [6.45, 7) is 1.95. The molecule has 1 fully saturated rings. The molecule has 1 aliphatic rings. The quantitative estimate of drug-likeness (QED) is 0.726. The smallest absolute Gasteiger partial charge is 0.327 e. The van der Waals surface area contributed by atoms with E-state index in [4.69, 9.17) is 4.74 Å². The zero-order valence-corrected chi connectivity index (χ0v) is 16.1. The first kappa shape index (κ1) is 18.3. The van der Waals surface area contributed by atoms with Crippen molar-refractivity contribution >= 4 is 22.8 Å². The molecule has 7 heteroatoms. The number of carbonyl (C=O) groups excluding carboxylic acids is 1. The fourth-order valence-corrected chi connectivity index (χ4v) is 4.12. The fraction of sp³-hybridized carbons (Fsp3) is 0.381. The molecule has 1 aliphatic carbocycles. The average molecular weight is 380 g/mol. The topological polar surface area (TPSA) is 89.0 Å². The molecular formula is C21H24N4O3. The lowest BCUT2D eigenvalue weighted by molar-refractivity contribution is -0.121. The molecule has 0 unspecified atom stereocenters. The Morgan fingerprint density at radius 3 is 2.75 bits per heavy atom. The van der Waals surface area contributed by atoms with Gasteiger partial charge in [0.15, 0.2) is 5.65 Å². The molecule has 0 spiro atoms. The zero-order chi connectivity index (χ0) is 19.7. The van der Waals surface area contributed by atoms with Gasteiger partial charge in [-0.15, -0.1) is 0 Å². The Balaban J connectivity index is 1.42. The summed E-state index contributed by atoms with van der Waals surface area (Å²) in [5, 5.41) is 3.02. The number of hydrogen-bond donors (Lipinski definition) is 2. The molecule has 3 aromatic rings. The number of nitrogens with one attached hydrogen (secondary N) is 2. The van der Waals surface area contributed by atoms with Crippen molar-refractivity contribution < 1.29 is 9.53 Å². The van der Waals surface area contributed by atoms with Gasteiger partial charge in [0.2, 0.25) is 5.91 Å². The van der Waals surface area contributed by atoms with Crippen molar-refractivity contribution in [3.63, 3.8) is 0 Å². The van der Waals surface area contributed by atoms with Crippen molar-refractivity contribution in [2.24, 2.45) is 5.92 Å². The highest BCUT2D eigenvalue weighted by Crippen LogP contribution is 2.33. The van der Waals surface area contributed by atoms with Gasteiger partial charge in [-0.05, 0) is 68.5 Å². The number of aromatic amines is 1. The van der Waals surface area contributed by atoms with Gasteiger partial charge in [-0.1, -0.05) is 0 Å². The van der Waals surface area contributed by atoms with Crippen LogP contribution in [-0.4, -0.2) is 27.6 Å². The van der Waals surface area contributed by atoms with Crippen LogP contribution in [0.2, 0.25) is 0 Å². The first-order chi connectivity index (χ1) is 13.6. The molecule has 28 heavy (non-hydrogen) atoms. The average Bonchev–Trinajstić information content (AvgIpc) is 3.04. The van der Waals surface area contributed by atoms with E-state index < -0.39 is 0 Å². The summed E-state index contributed by atoms with van der Waals surface area (Å²) in [4.78, 5) is 32.1. The second-order valence-electron chi connectivity index (χ2n) is 7.35. The Morgan fingerprint density at radius 1 is 1.25 bits per heavy atom. The molecule has 0 bridgehead atoms. The third-order valence-electron chi connectivity index (χ3n) is 5.59.